The monoisotopic (exact) mass is 263 g/mol. The minimum Gasteiger partial charge on any atom is -0.496 e. The van der Waals surface area contributed by atoms with Gasteiger partial charge in [-0.2, -0.15) is 0 Å². The fourth-order valence-electron chi connectivity index (χ4n) is 3.17. The van der Waals surface area contributed by atoms with Gasteiger partial charge in [-0.3, -0.25) is 0 Å². The van der Waals surface area contributed by atoms with E-state index in [4.69, 9.17) is 4.74 Å². The summed E-state index contributed by atoms with van der Waals surface area (Å²) in [7, 11) is 1.73. The molecule has 1 aromatic rings. The molecule has 0 aliphatic carbocycles. The van der Waals surface area contributed by atoms with Crippen molar-refractivity contribution in [1.82, 2.24) is 5.32 Å². The molecule has 1 unspecified atom stereocenters. The van der Waals surface area contributed by atoms with Crippen LogP contribution < -0.4 is 10.1 Å². The molecule has 0 saturated carbocycles. The first-order chi connectivity index (χ1) is 9.26. The first kappa shape index (κ1) is 14.4. The SMILES string of the molecule is COc1ccc(C)cc1C(CCO)C1CCNCC1. The number of benzene rings is 1. The van der Waals surface area contributed by atoms with Gasteiger partial charge < -0.3 is 15.2 Å². The van der Waals surface area contributed by atoms with E-state index in [1.807, 2.05) is 0 Å². The van der Waals surface area contributed by atoms with E-state index < -0.39 is 0 Å². The number of aryl methyl sites for hydroxylation is 1. The van der Waals surface area contributed by atoms with Crippen molar-refractivity contribution in [3.8, 4) is 5.75 Å². The minimum absolute atomic E-state index is 0.242. The van der Waals surface area contributed by atoms with Gasteiger partial charge in [0.05, 0.1) is 7.11 Å². The fourth-order valence-corrected chi connectivity index (χ4v) is 3.17. The van der Waals surface area contributed by atoms with E-state index in [1.165, 1.54) is 24.0 Å². The standard InChI is InChI=1S/C16H25NO2/c1-12-3-4-16(19-2)15(11-12)14(7-10-18)13-5-8-17-9-6-13/h3-4,11,13-14,17-18H,5-10H2,1-2H3. The van der Waals surface area contributed by atoms with E-state index >= 15 is 0 Å². The van der Waals surface area contributed by atoms with Crippen LogP contribution in [0.1, 0.15) is 36.3 Å². The van der Waals surface area contributed by atoms with E-state index in [0.29, 0.717) is 11.8 Å². The second-order valence-corrected chi connectivity index (χ2v) is 5.45. The van der Waals surface area contributed by atoms with Crippen molar-refractivity contribution in [2.45, 2.75) is 32.1 Å². The quantitative estimate of drug-likeness (QED) is 0.857. The maximum Gasteiger partial charge on any atom is 0.122 e. The van der Waals surface area contributed by atoms with Crippen LogP contribution >= 0.6 is 0 Å². The van der Waals surface area contributed by atoms with Gasteiger partial charge in [-0.05, 0) is 62.7 Å². The minimum atomic E-state index is 0.242. The first-order valence-corrected chi connectivity index (χ1v) is 7.22. The molecule has 0 spiro atoms. The van der Waals surface area contributed by atoms with Crippen molar-refractivity contribution in [1.29, 1.82) is 0 Å². The topological polar surface area (TPSA) is 41.5 Å². The number of rotatable bonds is 5. The lowest BCUT2D eigenvalue weighted by Gasteiger charge is -2.31. The highest BCUT2D eigenvalue weighted by molar-refractivity contribution is 5.40. The third-order valence-corrected chi connectivity index (χ3v) is 4.18. The van der Waals surface area contributed by atoms with Gasteiger partial charge in [0.1, 0.15) is 5.75 Å². The number of hydrogen-bond acceptors (Lipinski definition) is 3. The number of nitrogens with one attached hydrogen (secondary N) is 1. The van der Waals surface area contributed by atoms with Crippen molar-refractivity contribution in [2.24, 2.45) is 5.92 Å². The van der Waals surface area contributed by atoms with E-state index in [1.54, 1.807) is 7.11 Å². The largest absolute Gasteiger partial charge is 0.496 e. The summed E-state index contributed by atoms with van der Waals surface area (Å²) < 4.78 is 5.52. The Morgan fingerprint density at radius 1 is 1.37 bits per heavy atom. The zero-order chi connectivity index (χ0) is 13.7. The van der Waals surface area contributed by atoms with Crippen LogP contribution in [-0.2, 0) is 0 Å². The molecule has 2 rings (SSSR count). The maximum atomic E-state index is 9.41. The lowest BCUT2D eigenvalue weighted by molar-refractivity contribution is 0.231. The molecule has 1 atom stereocenters. The summed E-state index contributed by atoms with van der Waals surface area (Å²) in [5.74, 6) is 2.01. The molecule has 1 aliphatic rings. The highest BCUT2D eigenvalue weighted by Gasteiger charge is 2.26. The number of aliphatic hydroxyl groups is 1. The Morgan fingerprint density at radius 2 is 2.11 bits per heavy atom. The molecular weight excluding hydrogens is 238 g/mol. The lowest BCUT2D eigenvalue weighted by Crippen LogP contribution is -2.31. The van der Waals surface area contributed by atoms with Gasteiger partial charge in [-0.1, -0.05) is 17.7 Å². The normalized spacial score (nSPS) is 18.3. The van der Waals surface area contributed by atoms with E-state index in [9.17, 15) is 5.11 Å². The van der Waals surface area contributed by atoms with Crippen LogP contribution in [0.4, 0.5) is 0 Å². The van der Waals surface area contributed by atoms with E-state index in [0.717, 1.165) is 25.3 Å². The Kier molecular flexibility index (Phi) is 5.23. The van der Waals surface area contributed by atoms with Gasteiger partial charge in [0.15, 0.2) is 0 Å². The molecule has 0 radical (unpaired) electrons. The van der Waals surface area contributed by atoms with Gasteiger partial charge in [0.2, 0.25) is 0 Å². The second-order valence-electron chi connectivity index (χ2n) is 5.45. The number of methoxy groups -OCH3 is 1. The Bertz CT molecular complexity index is 400. The van der Waals surface area contributed by atoms with Crippen LogP contribution in [0.15, 0.2) is 18.2 Å². The molecule has 1 heterocycles. The second kappa shape index (κ2) is 6.92. The third-order valence-electron chi connectivity index (χ3n) is 4.18. The Hall–Kier alpha value is -1.06. The van der Waals surface area contributed by atoms with Crippen LogP contribution in [-0.4, -0.2) is 31.9 Å². The number of aliphatic hydroxyl groups excluding tert-OH is 1. The Morgan fingerprint density at radius 3 is 2.74 bits per heavy atom. The van der Waals surface area contributed by atoms with Crippen molar-refractivity contribution in [2.75, 3.05) is 26.8 Å². The van der Waals surface area contributed by atoms with Gasteiger partial charge in [0.25, 0.3) is 0 Å². The summed E-state index contributed by atoms with van der Waals surface area (Å²) in [6.07, 6.45) is 3.19. The molecule has 19 heavy (non-hydrogen) atoms. The molecule has 1 fully saturated rings. The highest BCUT2D eigenvalue weighted by atomic mass is 16.5. The summed E-state index contributed by atoms with van der Waals surface area (Å²) in [6, 6.07) is 6.36. The molecule has 3 heteroatoms. The van der Waals surface area contributed by atoms with Crippen LogP contribution in [0.3, 0.4) is 0 Å². The van der Waals surface area contributed by atoms with Gasteiger partial charge >= 0.3 is 0 Å². The molecule has 3 nitrogen and oxygen atoms in total. The predicted molar refractivity (Wildman–Crippen MR) is 77.8 cm³/mol. The summed E-state index contributed by atoms with van der Waals surface area (Å²) >= 11 is 0. The molecule has 0 bridgehead atoms. The lowest BCUT2D eigenvalue weighted by atomic mass is 9.78. The Labute approximate surface area is 116 Å². The van der Waals surface area contributed by atoms with Gasteiger partial charge in [-0.15, -0.1) is 0 Å². The maximum absolute atomic E-state index is 9.41. The molecule has 1 aliphatic heterocycles. The molecule has 1 saturated heterocycles. The molecule has 106 valence electrons. The summed E-state index contributed by atoms with van der Waals surface area (Å²) in [6.45, 7) is 4.52. The molecule has 0 aromatic heterocycles. The number of hydrogen-bond donors (Lipinski definition) is 2. The summed E-state index contributed by atoms with van der Waals surface area (Å²) in [4.78, 5) is 0. The van der Waals surface area contributed by atoms with Crippen LogP contribution in [0, 0.1) is 12.8 Å². The average Bonchev–Trinajstić information content (AvgIpc) is 2.45. The zero-order valence-electron chi connectivity index (χ0n) is 12.0. The van der Waals surface area contributed by atoms with Crippen molar-refractivity contribution >= 4 is 0 Å². The molecule has 1 aromatic carbocycles. The molecule has 0 amide bonds. The predicted octanol–water partition coefficient (Wildman–Crippen LogP) is 2.47. The van der Waals surface area contributed by atoms with Crippen LogP contribution in [0.2, 0.25) is 0 Å². The fraction of sp³-hybridized carbons (Fsp3) is 0.625. The zero-order valence-corrected chi connectivity index (χ0v) is 12.0. The van der Waals surface area contributed by atoms with E-state index in [2.05, 4.69) is 30.4 Å². The van der Waals surface area contributed by atoms with Crippen LogP contribution in [0.5, 0.6) is 5.75 Å². The highest BCUT2D eigenvalue weighted by Crippen LogP contribution is 2.38. The summed E-state index contributed by atoms with van der Waals surface area (Å²) in [5, 5.41) is 12.8. The molecule has 2 N–H and O–H groups in total. The van der Waals surface area contributed by atoms with Crippen molar-refractivity contribution in [3.05, 3.63) is 29.3 Å². The number of piperidine rings is 1. The number of ether oxygens (including phenoxy) is 1. The summed E-state index contributed by atoms with van der Waals surface area (Å²) in [5.41, 5.74) is 2.52. The average molecular weight is 263 g/mol. The molecular formula is C16H25NO2. The van der Waals surface area contributed by atoms with Gasteiger partial charge in [0, 0.05) is 6.61 Å². The van der Waals surface area contributed by atoms with Gasteiger partial charge in [-0.25, -0.2) is 0 Å². The first-order valence-electron chi connectivity index (χ1n) is 7.22. The smallest absolute Gasteiger partial charge is 0.122 e. The van der Waals surface area contributed by atoms with E-state index in [-0.39, 0.29) is 6.61 Å². The van der Waals surface area contributed by atoms with Crippen LogP contribution in [0.25, 0.3) is 0 Å². The third kappa shape index (κ3) is 3.48. The Balaban J connectivity index is 2.28. The van der Waals surface area contributed by atoms with Crippen molar-refractivity contribution in [3.63, 3.8) is 0 Å². The van der Waals surface area contributed by atoms with Crippen molar-refractivity contribution < 1.29 is 9.84 Å².